The lowest BCUT2D eigenvalue weighted by molar-refractivity contribution is -0.116. The van der Waals surface area contributed by atoms with Crippen molar-refractivity contribution in [2.45, 2.75) is 0 Å². The molecule has 7 heteroatoms. The number of amides is 2. The highest BCUT2D eigenvalue weighted by Gasteiger charge is 2.03. The van der Waals surface area contributed by atoms with Crippen LogP contribution in [0.2, 0.25) is 0 Å². The van der Waals surface area contributed by atoms with Crippen LogP contribution >= 0.6 is 0 Å². The van der Waals surface area contributed by atoms with Crippen molar-refractivity contribution in [3.63, 3.8) is 0 Å². The van der Waals surface area contributed by atoms with Gasteiger partial charge in [-0.25, -0.2) is 5.48 Å². The van der Waals surface area contributed by atoms with E-state index in [0.717, 1.165) is 5.56 Å². The summed E-state index contributed by atoms with van der Waals surface area (Å²) in [4.78, 5) is 26.8. The van der Waals surface area contributed by atoms with Gasteiger partial charge in [0.1, 0.15) is 12.4 Å². The van der Waals surface area contributed by atoms with E-state index in [1.54, 1.807) is 42.1 Å². The molecule has 2 aromatic rings. The number of hydrogen-bond donors (Lipinski definition) is 3. The van der Waals surface area contributed by atoms with E-state index in [0.29, 0.717) is 17.9 Å². The maximum atomic E-state index is 11.6. The van der Waals surface area contributed by atoms with E-state index < -0.39 is 5.91 Å². The number of carbonyl (C=O) groups excluding carboxylic acids is 2. The molecule has 1 heterocycles. The van der Waals surface area contributed by atoms with E-state index in [-0.39, 0.29) is 12.5 Å². The molecule has 0 aliphatic carbocycles. The number of hydrogen-bond acceptors (Lipinski definition) is 5. The quantitative estimate of drug-likeness (QED) is 0.309. The van der Waals surface area contributed by atoms with Gasteiger partial charge in [-0.2, -0.15) is 0 Å². The molecular weight excluding hydrogens is 310 g/mol. The summed E-state index contributed by atoms with van der Waals surface area (Å²) in [6.07, 6.45) is 6.43. The van der Waals surface area contributed by atoms with Crippen molar-refractivity contribution in [3.8, 4) is 5.75 Å². The summed E-state index contributed by atoms with van der Waals surface area (Å²) >= 11 is 0. The monoisotopic (exact) mass is 327 g/mol. The van der Waals surface area contributed by atoms with E-state index in [1.165, 1.54) is 18.2 Å². The minimum absolute atomic E-state index is 0.225. The molecule has 24 heavy (non-hydrogen) atoms. The Kier molecular flexibility index (Phi) is 6.48. The molecule has 0 fully saturated rings. The van der Waals surface area contributed by atoms with Crippen LogP contribution in [-0.2, 0) is 4.79 Å². The van der Waals surface area contributed by atoms with E-state index in [4.69, 9.17) is 9.94 Å². The molecule has 2 amide bonds. The molecule has 0 aliphatic heterocycles. The molecule has 1 aromatic heterocycles. The van der Waals surface area contributed by atoms with Crippen LogP contribution < -0.4 is 15.5 Å². The van der Waals surface area contributed by atoms with Gasteiger partial charge >= 0.3 is 0 Å². The van der Waals surface area contributed by atoms with Crippen LogP contribution in [-0.4, -0.2) is 35.2 Å². The molecule has 0 aliphatic rings. The van der Waals surface area contributed by atoms with Crippen LogP contribution in [0.15, 0.2) is 54.9 Å². The number of ether oxygens (including phenoxy) is 1. The summed E-state index contributed by atoms with van der Waals surface area (Å²) in [7, 11) is 0. The predicted octanol–water partition coefficient (Wildman–Crippen LogP) is 1.41. The average Bonchev–Trinajstić information content (AvgIpc) is 2.64. The molecule has 0 atom stereocenters. The molecule has 124 valence electrons. The van der Waals surface area contributed by atoms with Crippen LogP contribution in [0.1, 0.15) is 15.9 Å². The number of rotatable bonds is 7. The van der Waals surface area contributed by atoms with Gasteiger partial charge in [0, 0.05) is 24.0 Å². The number of nitrogens with zero attached hydrogens (tertiary/aromatic N) is 1. The largest absolute Gasteiger partial charge is 0.492 e. The molecule has 0 saturated heterocycles. The fourth-order valence-electron chi connectivity index (χ4n) is 1.82. The lowest BCUT2D eigenvalue weighted by atomic mass is 10.2. The third-order valence-corrected chi connectivity index (χ3v) is 3.00. The van der Waals surface area contributed by atoms with Crippen LogP contribution in [0, 0.1) is 0 Å². The fraction of sp³-hybridized carbons (Fsp3) is 0.118. The third kappa shape index (κ3) is 5.54. The number of aromatic nitrogens is 1. The Bertz CT molecular complexity index is 700. The van der Waals surface area contributed by atoms with Crippen molar-refractivity contribution in [1.82, 2.24) is 15.8 Å². The van der Waals surface area contributed by atoms with E-state index in [9.17, 15) is 9.59 Å². The number of nitrogens with one attached hydrogen (secondary N) is 2. The highest BCUT2D eigenvalue weighted by Crippen LogP contribution is 2.11. The lowest BCUT2D eigenvalue weighted by Crippen LogP contribution is -2.26. The minimum Gasteiger partial charge on any atom is -0.492 e. The number of benzene rings is 1. The SMILES string of the molecule is O=C(C=Cc1cccnc1)NCCOc1ccc(C(=O)NO)cc1. The molecule has 0 radical (unpaired) electrons. The first kappa shape index (κ1) is 17.2. The van der Waals surface area contributed by atoms with E-state index in [2.05, 4.69) is 10.3 Å². The van der Waals surface area contributed by atoms with Gasteiger partial charge in [0.2, 0.25) is 5.91 Å². The van der Waals surface area contributed by atoms with Gasteiger partial charge in [-0.1, -0.05) is 6.07 Å². The van der Waals surface area contributed by atoms with Gasteiger partial charge in [0.25, 0.3) is 5.91 Å². The molecule has 0 bridgehead atoms. The van der Waals surface area contributed by atoms with Crippen molar-refractivity contribution >= 4 is 17.9 Å². The normalized spacial score (nSPS) is 10.4. The molecular formula is C17H17N3O4. The van der Waals surface area contributed by atoms with E-state index in [1.807, 2.05) is 6.07 Å². The summed E-state index contributed by atoms with van der Waals surface area (Å²) in [5, 5.41) is 11.2. The maximum Gasteiger partial charge on any atom is 0.274 e. The van der Waals surface area contributed by atoms with Crippen LogP contribution in [0.4, 0.5) is 0 Å². The zero-order chi connectivity index (χ0) is 17.2. The molecule has 0 unspecified atom stereocenters. The van der Waals surface area contributed by atoms with Gasteiger partial charge in [0.15, 0.2) is 0 Å². The molecule has 2 rings (SSSR count). The number of carbonyl (C=O) groups is 2. The van der Waals surface area contributed by atoms with Crippen molar-refractivity contribution in [1.29, 1.82) is 0 Å². The summed E-state index contributed by atoms with van der Waals surface area (Å²) < 4.78 is 5.44. The van der Waals surface area contributed by atoms with Crippen LogP contribution in [0.3, 0.4) is 0 Å². The smallest absolute Gasteiger partial charge is 0.274 e. The first-order valence-electron chi connectivity index (χ1n) is 7.22. The Morgan fingerprint density at radius 3 is 2.67 bits per heavy atom. The zero-order valence-electron chi connectivity index (χ0n) is 12.8. The molecule has 0 spiro atoms. The Balaban J connectivity index is 1.70. The molecule has 1 aromatic carbocycles. The summed E-state index contributed by atoms with van der Waals surface area (Å²) in [6, 6.07) is 9.90. The summed E-state index contributed by atoms with van der Waals surface area (Å²) in [5.41, 5.74) is 2.71. The van der Waals surface area contributed by atoms with Crippen molar-refractivity contribution in [3.05, 3.63) is 66.0 Å². The Hall–Kier alpha value is -3.19. The average molecular weight is 327 g/mol. The number of hydroxylamine groups is 1. The lowest BCUT2D eigenvalue weighted by Gasteiger charge is -2.07. The highest BCUT2D eigenvalue weighted by molar-refractivity contribution is 5.93. The topological polar surface area (TPSA) is 101 Å². The first-order valence-corrected chi connectivity index (χ1v) is 7.22. The molecule has 3 N–H and O–H groups in total. The Morgan fingerprint density at radius 1 is 1.21 bits per heavy atom. The summed E-state index contributed by atoms with van der Waals surface area (Å²) in [5.74, 6) is -0.253. The van der Waals surface area contributed by atoms with Gasteiger partial charge in [-0.05, 0) is 42.0 Å². The fourth-order valence-corrected chi connectivity index (χ4v) is 1.82. The third-order valence-electron chi connectivity index (χ3n) is 3.00. The van der Waals surface area contributed by atoms with Crippen LogP contribution in [0.25, 0.3) is 6.08 Å². The Labute approximate surface area is 138 Å². The molecule has 0 saturated carbocycles. The number of pyridine rings is 1. The van der Waals surface area contributed by atoms with Crippen LogP contribution in [0.5, 0.6) is 5.75 Å². The van der Waals surface area contributed by atoms with Gasteiger partial charge < -0.3 is 10.1 Å². The van der Waals surface area contributed by atoms with Crippen molar-refractivity contribution in [2.75, 3.05) is 13.2 Å². The minimum atomic E-state index is -0.589. The standard InChI is InChI=1S/C17H17N3O4/c21-16(8-3-13-2-1-9-18-12-13)19-10-11-24-15-6-4-14(5-7-15)17(22)20-23/h1-9,12,23H,10-11H2,(H,19,21)(H,20,22). The predicted molar refractivity (Wildman–Crippen MR) is 87.5 cm³/mol. The highest BCUT2D eigenvalue weighted by atomic mass is 16.5. The van der Waals surface area contributed by atoms with E-state index >= 15 is 0 Å². The van der Waals surface area contributed by atoms with Crippen molar-refractivity contribution in [2.24, 2.45) is 0 Å². The van der Waals surface area contributed by atoms with Gasteiger partial charge in [-0.3, -0.25) is 19.8 Å². The molecule has 7 nitrogen and oxygen atoms in total. The van der Waals surface area contributed by atoms with Gasteiger partial charge in [-0.15, -0.1) is 0 Å². The first-order chi connectivity index (χ1) is 11.7. The second-order valence-electron chi connectivity index (χ2n) is 4.72. The Morgan fingerprint density at radius 2 is 2.00 bits per heavy atom. The van der Waals surface area contributed by atoms with Gasteiger partial charge in [0.05, 0.1) is 6.54 Å². The maximum absolute atomic E-state index is 11.6. The van der Waals surface area contributed by atoms with Crippen molar-refractivity contribution < 1.29 is 19.5 Å². The summed E-state index contributed by atoms with van der Waals surface area (Å²) in [6.45, 7) is 0.632. The second-order valence-corrected chi connectivity index (χ2v) is 4.72. The second kappa shape index (κ2) is 9.06. The zero-order valence-corrected chi connectivity index (χ0v) is 12.8.